The van der Waals surface area contributed by atoms with Crippen LogP contribution in [-0.4, -0.2) is 226 Å². The highest BCUT2D eigenvalue weighted by Crippen LogP contribution is 2.45. The van der Waals surface area contributed by atoms with Crippen molar-refractivity contribution in [2.45, 2.75) is 248 Å². The SMILES string of the molecule is COC(=O)CC(CS(=O)(=O)N(COCC[Si](C)(C)C)COCC[Si](C)(C)C)c1ccc(O[C@@H]2CCc3c(O)cccc32)cc1.COC(=O)CC(CS(=O)(=O)N(COCC[Si](C)(C)C)COCC[Si](C)(C)C)c1ccc(O[C@@H]2CCc3c(Oc4ccccc4)cccc32)cc1.C[Si](C)(C)CCOCN(COCC[Si](C)(C)C)S(=O)(=O)CC(CC(=O)O)c1ccc(O[C@@H]2CCc3c(Oc4ccccc4)cccc32)cc1. The van der Waals surface area contributed by atoms with Crippen molar-refractivity contribution in [2.24, 2.45) is 0 Å². The van der Waals surface area contributed by atoms with Gasteiger partial charge in [-0.1, -0.05) is 227 Å². The summed E-state index contributed by atoms with van der Waals surface area (Å²) in [6, 6.07) is 64.1. The summed E-state index contributed by atoms with van der Waals surface area (Å²) in [5.74, 6) is 0.354. The van der Waals surface area contributed by atoms with E-state index in [-0.39, 0.29) is 101 Å². The van der Waals surface area contributed by atoms with Gasteiger partial charge in [0.2, 0.25) is 30.1 Å². The number of fused-ring (bicyclic) bond motifs is 3. The van der Waals surface area contributed by atoms with Crippen molar-refractivity contribution in [3.05, 3.63) is 238 Å². The van der Waals surface area contributed by atoms with Crippen LogP contribution in [0.3, 0.4) is 0 Å². The lowest BCUT2D eigenvalue weighted by atomic mass is 9.97. The number of hydrogen-bond donors (Lipinski definition) is 2. The van der Waals surface area contributed by atoms with Gasteiger partial charge in [0.25, 0.3) is 0 Å². The lowest BCUT2D eigenvalue weighted by Gasteiger charge is -2.26. The largest absolute Gasteiger partial charge is 0.508 e. The molecule has 788 valence electrons. The number of nitrogens with zero attached hydrogens (tertiary/aromatic N) is 3. The number of para-hydroxylation sites is 2. The molecule has 0 bridgehead atoms. The third-order valence-electron chi connectivity index (χ3n) is 24.9. The molecule has 6 atom stereocenters. The highest BCUT2D eigenvalue weighted by atomic mass is 32.2. The van der Waals surface area contributed by atoms with Gasteiger partial charge in [-0.3, -0.25) is 14.4 Å². The second-order valence-corrected chi connectivity index (χ2v) is 84.3. The van der Waals surface area contributed by atoms with Gasteiger partial charge in [0.05, 0.1) is 50.7 Å². The van der Waals surface area contributed by atoms with E-state index in [1.165, 1.54) is 27.1 Å². The van der Waals surface area contributed by atoms with Gasteiger partial charge in [0.15, 0.2) is 0 Å². The summed E-state index contributed by atoms with van der Waals surface area (Å²) in [7, 11) is -17.2. The van der Waals surface area contributed by atoms with Crippen LogP contribution in [-0.2, 0) is 102 Å². The molecule has 0 saturated carbocycles. The summed E-state index contributed by atoms with van der Waals surface area (Å²) in [6.07, 6.45) is 3.77. The van der Waals surface area contributed by atoms with Crippen molar-refractivity contribution in [1.29, 1.82) is 0 Å². The number of ether oxygens (including phenoxy) is 13. The van der Waals surface area contributed by atoms with Gasteiger partial charge in [0, 0.05) is 123 Å². The van der Waals surface area contributed by atoms with Gasteiger partial charge in [-0.15, -0.1) is 0 Å². The zero-order valence-electron chi connectivity index (χ0n) is 88.0. The topological polar surface area (TPSA) is 324 Å². The molecule has 8 aromatic carbocycles. The fourth-order valence-electron chi connectivity index (χ4n) is 16.0. The molecule has 3 aliphatic carbocycles. The van der Waals surface area contributed by atoms with E-state index in [2.05, 4.69) is 130 Å². The third-order valence-corrected chi connectivity index (χ3v) is 40.6. The molecule has 11 rings (SSSR count). The number of esters is 2. The van der Waals surface area contributed by atoms with E-state index < -0.39 is 114 Å². The quantitative estimate of drug-likeness (QED) is 0.0155. The summed E-state index contributed by atoms with van der Waals surface area (Å²) in [5, 5.41) is 19.9. The van der Waals surface area contributed by atoms with E-state index in [1.807, 2.05) is 121 Å². The lowest BCUT2D eigenvalue weighted by Crippen LogP contribution is -2.39. The first kappa shape index (κ1) is 118. The smallest absolute Gasteiger partial charge is 0.306 e. The fourth-order valence-corrected chi connectivity index (χ4v) is 25.1. The highest BCUT2D eigenvalue weighted by Gasteiger charge is 2.37. The molecule has 27 nitrogen and oxygen atoms in total. The second-order valence-electron chi connectivity index (χ2n) is 44.5. The van der Waals surface area contributed by atoms with Crippen molar-refractivity contribution in [3.63, 3.8) is 0 Å². The van der Waals surface area contributed by atoms with E-state index in [0.29, 0.717) is 73.6 Å². The highest BCUT2D eigenvalue weighted by molar-refractivity contribution is 7.89. The molecule has 3 aliphatic rings. The maximum absolute atomic E-state index is 13.9. The zero-order valence-corrected chi connectivity index (χ0v) is 96.5. The maximum atomic E-state index is 13.9. The monoisotopic (exact) mass is 2130 g/mol. The number of benzene rings is 8. The molecule has 3 unspecified atom stereocenters. The molecule has 0 saturated heterocycles. The van der Waals surface area contributed by atoms with Crippen LogP contribution in [0.4, 0.5) is 0 Å². The van der Waals surface area contributed by atoms with Gasteiger partial charge in [-0.05, 0) is 187 Å². The maximum Gasteiger partial charge on any atom is 0.306 e. The average molecular weight is 2140 g/mol. The Morgan fingerprint density at radius 1 is 0.322 bits per heavy atom. The zero-order chi connectivity index (χ0) is 105. The molecule has 2 N–H and O–H groups in total. The first-order chi connectivity index (χ1) is 67.3. The molecule has 0 aliphatic heterocycles. The molecule has 0 spiro atoms. The number of aromatic hydroxyl groups is 1. The van der Waals surface area contributed by atoms with Gasteiger partial charge < -0.3 is 71.8 Å². The Hall–Kier alpha value is -8.24. The van der Waals surface area contributed by atoms with E-state index >= 15 is 0 Å². The molecule has 0 fully saturated rings. The number of carbonyl (C=O) groups excluding carboxylic acids is 2. The first-order valence-corrected chi connectivity index (χ1v) is 76.9. The number of carboxylic acid groups (broad SMARTS) is 1. The summed E-state index contributed by atoms with van der Waals surface area (Å²) in [5.41, 5.74) is 8.33. The number of phenolic OH excluding ortho intramolecular Hbond substituents is 1. The van der Waals surface area contributed by atoms with Crippen LogP contribution in [0, 0.1) is 0 Å². The Kier molecular flexibility index (Phi) is 45.6. The van der Waals surface area contributed by atoms with Crippen LogP contribution in [0.2, 0.25) is 154 Å². The van der Waals surface area contributed by atoms with Crippen molar-refractivity contribution in [1.82, 2.24) is 12.9 Å². The van der Waals surface area contributed by atoms with Crippen molar-refractivity contribution < 1.29 is 111 Å². The van der Waals surface area contributed by atoms with Crippen LogP contribution in [0.1, 0.15) is 125 Å². The minimum absolute atomic E-state index is 0.0864. The minimum atomic E-state index is -3.94. The summed E-state index contributed by atoms with van der Waals surface area (Å²) in [4.78, 5) is 36.8. The number of rotatable bonds is 58. The number of phenols is 1. The van der Waals surface area contributed by atoms with Crippen molar-refractivity contribution >= 4 is 96.4 Å². The number of aliphatic carboxylic acids is 1. The summed E-state index contributed by atoms with van der Waals surface area (Å²) < 4.78 is 163. The molecule has 0 heterocycles. The number of methoxy groups -OCH3 is 2. The molecule has 143 heavy (non-hydrogen) atoms. The second kappa shape index (κ2) is 55.1. The van der Waals surface area contributed by atoms with E-state index in [0.717, 1.165) is 131 Å². The predicted octanol–water partition coefficient (Wildman–Crippen LogP) is 23.2. The Morgan fingerprint density at radius 2 is 0.573 bits per heavy atom. The van der Waals surface area contributed by atoms with E-state index in [4.69, 9.17) is 61.6 Å². The Labute approximate surface area is 858 Å². The van der Waals surface area contributed by atoms with Gasteiger partial charge in [-0.2, -0.15) is 12.9 Å². The summed E-state index contributed by atoms with van der Waals surface area (Å²) >= 11 is 0. The molecule has 0 aromatic heterocycles. The number of carboxylic acids is 1. The van der Waals surface area contributed by atoms with E-state index in [1.54, 1.807) is 54.6 Å². The van der Waals surface area contributed by atoms with Gasteiger partial charge >= 0.3 is 17.9 Å². The van der Waals surface area contributed by atoms with Crippen LogP contribution in [0.25, 0.3) is 0 Å². The molecule has 36 heteroatoms. The molecule has 8 aromatic rings. The average Bonchev–Trinajstić information content (AvgIpc) is 1.67. The normalized spacial score (nSPS) is 15.7. The Bertz CT molecular complexity index is 5580. The van der Waals surface area contributed by atoms with Crippen LogP contribution >= 0.6 is 0 Å². The van der Waals surface area contributed by atoms with Crippen molar-refractivity contribution in [3.8, 4) is 46.0 Å². The first-order valence-electron chi connectivity index (χ1n) is 49.9. The van der Waals surface area contributed by atoms with E-state index in [9.17, 15) is 49.9 Å². The lowest BCUT2D eigenvalue weighted by molar-refractivity contribution is -0.141. The van der Waals surface area contributed by atoms with Crippen molar-refractivity contribution in [2.75, 3.05) is 112 Å². The van der Waals surface area contributed by atoms with Crippen LogP contribution < -0.4 is 23.7 Å². The standard InChI is InChI=1S/C38H55NO8SSi2.C37H53NO8SSi2.C32H51NO8SSi2/c1-43-38(40)26-31(27-48(41,42)39(28-44-22-24-49(2,3)4)29-45-23-25-50(5,6)7)30-16-18-33(19-17-30)47-37-21-20-35-34(37)14-11-15-36(35)46-32-12-9-8-10-13-32;1-48(2,3)23-21-43-27-38(28-44-22-24-49(4,5)6)47(41,42)26-30(25-37(39)40)29-15-17-32(18-16-29)46-36-20-19-34-33(36)13-10-14-35(34)45-31-11-8-7-9-12-31;1-38-32(35)21-26(25-11-13-27(14-12-25)41-31-16-15-28-29(31)9-8-10-30(28)34)22-42(36,37)33(23-39-17-19-43(2,3)4)24-40-18-20-44(5,6)7/h8-19,31,37H,20-29H2,1-7H3;7-18,30,36H,19-28H2,1-6H3,(H,39,40);8-14,26,31,34H,15-24H2,1-7H3/t31?,37-;30?,36-;26?,31-/m111/s1. The number of hydrogen-bond acceptors (Lipinski definition) is 23. The van der Waals surface area contributed by atoms with Gasteiger partial charge in [-0.25, -0.2) is 25.3 Å². The van der Waals surface area contributed by atoms with Crippen LogP contribution in [0.5, 0.6) is 46.0 Å². The predicted molar refractivity (Wildman–Crippen MR) is 583 cm³/mol. The minimum Gasteiger partial charge on any atom is -0.508 e. The van der Waals surface area contributed by atoms with Crippen LogP contribution in [0.15, 0.2) is 188 Å². The third kappa shape index (κ3) is 41.8. The molecular formula is C107H159N3O24S3Si6. The number of carbonyl (C=O) groups is 3. The Balaban J connectivity index is 0.000000240. The Morgan fingerprint density at radius 3 is 0.832 bits per heavy atom. The summed E-state index contributed by atoms with van der Waals surface area (Å²) in [6.45, 7) is 42.6. The molecule has 0 amide bonds. The molecule has 0 radical (unpaired) electrons. The van der Waals surface area contributed by atoms with Gasteiger partial charge in [0.1, 0.15) is 105 Å². The fraction of sp³-hybridized carbons (Fsp3) is 0.523. The molecular weight excluding hydrogens is 1980 g/mol. The number of sulfonamides is 3.